The number of hydrogen-bond donors (Lipinski definition) is 1. The summed E-state index contributed by atoms with van der Waals surface area (Å²) in [6.07, 6.45) is 2.12. The van der Waals surface area contributed by atoms with E-state index >= 15 is 0 Å². The van der Waals surface area contributed by atoms with Gasteiger partial charge < -0.3 is 19.7 Å². The van der Waals surface area contributed by atoms with Gasteiger partial charge in [0.1, 0.15) is 11.9 Å². The van der Waals surface area contributed by atoms with Gasteiger partial charge in [0.05, 0.1) is 11.6 Å². The average Bonchev–Trinajstić information content (AvgIpc) is 3.39. The van der Waals surface area contributed by atoms with Crippen LogP contribution in [0.15, 0.2) is 23.6 Å². The zero-order valence-electron chi connectivity index (χ0n) is 16.6. The fourth-order valence-corrected chi connectivity index (χ4v) is 4.54. The summed E-state index contributed by atoms with van der Waals surface area (Å²) < 4.78 is 10.8. The van der Waals surface area contributed by atoms with E-state index in [0.29, 0.717) is 24.8 Å². The molecule has 29 heavy (non-hydrogen) atoms. The van der Waals surface area contributed by atoms with Gasteiger partial charge in [-0.3, -0.25) is 9.59 Å². The predicted molar refractivity (Wildman–Crippen MR) is 111 cm³/mol. The summed E-state index contributed by atoms with van der Waals surface area (Å²) in [7, 11) is 1.64. The van der Waals surface area contributed by atoms with Gasteiger partial charge in [-0.25, -0.2) is 4.98 Å². The van der Waals surface area contributed by atoms with Crippen LogP contribution < -0.4 is 10.1 Å². The molecule has 1 saturated heterocycles. The molecule has 0 spiro atoms. The van der Waals surface area contributed by atoms with Crippen molar-refractivity contribution in [3.05, 3.63) is 29.1 Å². The maximum absolute atomic E-state index is 12.6. The second kappa shape index (κ2) is 8.51. The number of anilines is 1. The van der Waals surface area contributed by atoms with Crippen molar-refractivity contribution in [2.75, 3.05) is 32.1 Å². The van der Waals surface area contributed by atoms with Crippen LogP contribution in [-0.4, -0.2) is 54.6 Å². The van der Waals surface area contributed by atoms with Crippen molar-refractivity contribution in [2.45, 2.75) is 32.3 Å². The lowest BCUT2D eigenvalue weighted by molar-refractivity contribution is -0.128. The molecule has 0 aliphatic carbocycles. The Hall–Kier alpha value is -2.45. The van der Waals surface area contributed by atoms with E-state index in [0.717, 1.165) is 29.8 Å². The molecule has 0 radical (unpaired) electrons. The second-order valence-electron chi connectivity index (χ2n) is 7.57. The lowest BCUT2D eigenvalue weighted by atomic mass is 10.1. The minimum Gasteiger partial charge on any atom is -0.490 e. The van der Waals surface area contributed by atoms with Gasteiger partial charge in [0.25, 0.3) is 0 Å². The molecular weight excluding hydrogens is 390 g/mol. The highest BCUT2D eigenvalue weighted by Crippen LogP contribution is 2.34. The zero-order valence-corrected chi connectivity index (χ0v) is 17.5. The monoisotopic (exact) mass is 415 g/mol. The lowest BCUT2D eigenvalue weighted by Crippen LogP contribution is -2.29. The number of thiazole rings is 1. The molecule has 2 aliphatic heterocycles. The highest BCUT2D eigenvalue weighted by molar-refractivity contribution is 7.14. The van der Waals surface area contributed by atoms with Crippen LogP contribution in [0.2, 0.25) is 0 Å². The number of ether oxygens (including phenoxy) is 2. The number of rotatable bonds is 7. The number of carbonyl (C=O) groups excluding carboxylic acids is 2. The normalized spacial score (nSPS) is 20.6. The van der Waals surface area contributed by atoms with Gasteiger partial charge in [-0.15, -0.1) is 11.3 Å². The molecule has 0 bridgehead atoms. The van der Waals surface area contributed by atoms with Gasteiger partial charge in [0, 0.05) is 50.6 Å². The van der Waals surface area contributed by atoms with Crippen LogP contribution in [0.3, 0.4) is 0 Å². The van der Waals surface area contributed by atoms with Gasteiger partial charge >= 0.3 is 0 Å². The van der Waals surface area contributed by atoms with E-state index in [4.69, 9.17) is 9.47 Å². The first kappa shape index (κ1) is 19.8. The summed E-state index contributed by atoms with van der Waals surface area (Å²) >= 11 is 1.39. The molecule has 2 aliphatic rings. The van der Waals surface area contributed by atoms with Crippen LogP contribution in [0, 0.1) is 5.92 Å². The third kappa shape index (κ3) is 4.43. The summed E-state index contributed by atoms with van der Waals surface area (Å²) in [5, 5.41) is 5.38. The first-order valence-electron chi connectivity index (χ1n) is 9.86. The highest BCUT2D eigenvalue weighted by atomic mass is 32.1. The Morgan fingerprint density at radius 3 is 3.10 bits per heavy atom. The number of likely N-dealkylation sites (tertiary alicyclic amines) is 1. The number of methoxy groups -OCH3 is 1. The molecule has 1 N–H and O–H groups in total. The van der Waals surface area contributed by atoms with Gasteiger partial charge in [-0.1, -0.05) is 0 Å². The summed E-state index contributed by atoms with van der Waals surface area (Å²) in [6.45, 7) is 3.74. The van der Waals surface area contributed by atoms with Crippen LogP contribution in [0.1, 0.15) is 25.3 Å². The quantitative estimate of drug-likeness (QED) is 0.703. The Bertz CT molecular complexity index is 913. The maximum Gasteiger partial charge on any atom is 0.231 e. The van der Waals surface area contributed by atoms with E-state index in [1.54, 1.807) is 12.0 Å². The molecule has 0 saturated carbocycles. The van der Waals surface area contributed by atoms with Gasteiger partial charge in [0.2, 0.25) is 11.8 Å². The molecule has 1 fully saturated rings. The number of nitrogens with zero attached hydrogens (tertiary/aromatic N) is 2. The maximum atomic E-state index is 12.6. The molecule has 7 nitrogen and oxygen atoms in total. The van der Waals surface area contributed by atoms with Crippen LogP contribution in [0.25, 0.3) is 11.3 Å². The third-order valence-corrected chi connectivity index (χ3v) is 6.05. The van der Waals surface area contributed by atoms with Crippen LogP contribution in [0.4, 0.5) is 5.13 Å². The van der Waals surface area contributed by atoms with Crippen LogP contribution in [0.5, 0.6) is 5.75 Å². The van der Waals surface area contributed by atoms with Crippen molar-refractivity contribution in [1.29, 1.82) is 0 Å². The smallest absolute Gasteiger partial charge is 0.231 e. The molecule has 1 aromatic carbocycles. The minimum atomic E-state index is -0.337. The van der Waals surface area contributed by atoms with Crippen molar-refractivity contribution in [3.8, 4) is 17.0 Å². The number of aromatic nitrogens is 1. The number of hydrogen-bond acceptors (Lipinski definition) is 6. The Morgan fingerprint density at radius 2 is 2.28 bits per heavy atom. The number of benzene rings is 1. The van der Waals surface area contributed by atoms with Crippen molar-refractivity contribution in [2.24, 2.45) is 5.92 Å². The fraction of sp³-hybridized carbons (Fsp3) is 0.476. The Morgan fingerprint density at radius 1 is 1.41 bits per heavy atom. The first-order chi connectivity index (χ1) is 14.0. The zero-order chi connectivity index (χ0) is 20.4. The fourth-order valence-electron chi connectivity index (χ4n) is 3.82. The second-order valence-corrected chi connectivity index (χ2v) is 8.43. The Balaban J connectivity index is 1.36. The number of fused-ring (bicyclic) bond motifs is 1. The molecule has 4 rings (SSSR count). The molecule has 154 valence electrons. The van der Waals surface area contributed by atoms with Gasteiger partial charge in [-0.05, 0) is 37.1 Å². The lowest BCUT2D eigenvalue weighted by Gasteiger charge is -2.15. The molecular formula is C21H25N3O4S. The molecule has 2 unspecified atom stereocenters. The topological polar surface area (TPSA) is 80.8 Å². The van der Waals surface area contributed by atoms with Gasteiger partial charge in [-0.2, -0.15) is 0 Å². The first-order valence-corrected chi connectivity index (χ1v) is 10.7. The summed E-state index contributed by atoms with van der Waals surface area (Å²) in [5.74, 6) is 0.474. The molecule has 2 atom stereocenters. The van der Waals surface area contributed by atoms with Gasteiger partial charge in [0.15, 0.2) is 5.13 Å². The Kier molecular flexibility index (Phi) is 5.82. The van der Waals surface area contributed by atoms with Crippen molar-refractivity contribution in [1.82, 2.24) is 9.88 Å². The van der Waals surface area contributed by atoms with Crippen LogP contribution >= 0.6 is 11.3 Å². The standard InChI is InChI=1S/C21H25N3O4S/c1-13-8-15-9-14(4-5-18(15)28-13)17-12-29-21(22-17)23-20(26)16-10-19(25)24(11-16)6-3-7-27-2/h4-5,9,12-13,16H,3,6-8,10-11H2,1-2H3,(H,22,23,26). The highest BCUT2D eigenvalue weighted by Gasteiger charge is 2.34. The van der Waals surface area contributed by atoms with Crippen molar-refractivity contribution >= 4 is 28.3 Å². The van der Waals surface area contributed by atoms with E-state index < -0.39 is 0 Å². The largest absolute Gasteiger partial charge is 0.490 e. The molecule has 2 aromatic rings. The predicted octanol–water partition coefficient (Wildman–Crippen LogP) is 2.96. The molecule has 1 aromatic heterocycles. The number of carbonyl (C=O) groups is 2. The van der Waals surface area contributed by atoms with E-state index in [9.17, 15) is 9.59 Å². The number of nitrogens with one attached hydrogen (secondary N) is 1. The third-order valence-electron chi connectivity index (χ3n) is 5.29. The molecule has 3 heterocycles. The minimum absolute atomic E-state index is 0.0238. The van der Waals surface area contributed by atoms with E-state index in [-0.39, 0.29) is 30.3 Å². The van der Waals surface area contributed by atoms with E-state index in [1.165, 1.54) is 16.9 Å². The van der Waals surface area contributed by atoms with E-state index in [2.05, 4.69) is 23.3 Å². The van der Waals surface area contributed by atoms with E-state index in [1.807, 2.05) is 17.5 Å². The van der Waals surface area contributed by atoms with Crippen LogP contribution in [-0.2, 0) is 20.7 Å². The summed E-state index contributed by atoms with van der Waals surface area (Å²) in [6, 6.07) is 6.08. The SMILES string of the molecule is COCCCN1CC(C(=O)Nc2nc(-c3ccc4c(c3)CC(C)O4)cs2)CC1=O. The number of amides is 2. The summed E-state index contributed by atoms with van der Waals surface area (Å²) in [4.78, 5) is 31.0. The van der Waals surface area contributed by atoms with Crippen molar-refractivity contribution < 1.29 is 19.1 Å². The average molecular weight is 416 g/mol. The summed E-state index contributed by atoms with van der Waals surface area (Å²) in [5.41, 5.74) is 3.03. The Labute approximate surface area is 174 Å². The molecule has 8 heteroatoms. The molecule has 2 amide bonds. The van der Waals surface area contributed by atoms with Crippen molar-refractivity contribution in [3.63, 3.8) is 0 Å².